The SMILES string of the molecule is C[C@H](C(=O)Nc1ccc(F)cc1OC1CCCC1)N1CCN(C)CC1. The van der Waals surface area contributed by atoms with E-state index >= 15 is 0 Å². The monoisotopic (exact) mass is 349 g/mol. The highest BCUT2D eigenvalue weighted by Gasteiger charge is 2.25. The highest BCUT2D eigenvalue weighted by atomic mass is 19.1. The summed E-state index contributed by atoms with van der Waals surface area (Å²) in [5.41, 5.74) is 0.555. The summed E-state index contributed by atoms with van der Waals surface area (Å²) in [5, 5.41) is 2.93. The lowest BCUT2D eigenvalue weighted by molar-refractivity contribution is -0.121. The molecule has 1 aromatic rings. The summed E-state index contributed by atoms with van der Waals surface area (Å²) in [6.45, 7) is 5.59. The molecule has 5 nitrogen and oxygen atoms in total. The summed E-state index contributed by atoms with van der Waals surface area (Å²) in [5.74, 6) is 0.0105. The second kappa shape index (κ2) is 8.15. The third-order valence-electron chi connectivity index (χ3n) is 5.26. The summed E-state index contributed by atoms with van der Waals surface area (Å²) in [6, 6.07) is 4.10. The average molecular weight is 349 g/mol. The lowest BCUT2D eigenvalue weighted by Gasteiger charge is -2.35. The minimum Gasteiger partial charge on any atom is -0.488 e. The van der Waals surface area contributed by atoms with Crippen LogP contribution in [0, 0.1) is 5.82 Å². The van der Waals surface area contributed by atoms with Crippen molar-refractivity contribution in [3.8, 4) is 5.75 Å². The maximum Gasteiger partial charge on any atom is 0.241 e. The molecule has 1 saturated heterocycles. The second-order valence-corrected chi connectivity index (χ2v) is 7.17. The Labute approximate surface area is 149 Å². The molecule has 2 fully saturated rings. The summed E-state index contributed by atoms with van der Waals surface area (Å²) in [7, 11) is 2.09. The van der Waals surface area contributed by atoms with Crippen LogP contribution in [0.5, 0.6) is 5.75 Å². The van der Waals surface area contributed by atoms with Gasteiger partial charge >= 0.3 is 0 Å². The van der Waals surface area contributed by atoms with Crippen LogP contribution in [0.3, 0.4) is 0 Å². The number of hydrogen-bond acceptors (Lipinski definition) is 4. The topological polar surface area (TPSA) is 44.8 Å². The Morgan fingerprint density at radius 2 is 1.92 bits per heavy atom. The van der Waals surface area contributed by atoms with Crippen LogP contribution in [0.15, 0.2) is 18.2 Å². The van der Waals surface area contributed by atoms with Gasteiger partial charge in [-0.3, -0.25) is 9.69 Å². The Balaban J connectivity index is 1.65. The number of halogens is 1. The molecule has 25 heavy (non-hydrogen) atoms. The predicted octanol–water partition coefficient (Wildman–Crippen LogP) is 2.72. The molecule has 1 heterocycles. The highest BCUT2D eigenvalue weighted by Crippen LogP contribution is 2.31. The van der Waals surface area contributed by atoms with Crippen molar-refractivity contribution >= 4 is 11.6 Å². The summed E-state index contributed by atoms with van der Waals surface area (Å²) < 4.78 is 19.6. The zero-order chi connectivity index (χ0) is 17.8. The number of piperazine rings is 1. The maximum atomic E-state index is 13.6. The lowest BCUT2D eigenvalue weighted by atomic mass is 10.2. The molecule has 1 aliphatic heterocycles. The van der Waals surface area contributed by atoms with E-state index in [0.717, 1.165) is 51.9 Å². The van der Waals surface area contributed by atoms with Gasteiger partial charge in [0.15, 0.2) is 0 Å². The van der Waals surface area contributed by atoms with Crippen LogP contribution < -0.4 is 10.1 Å². The van der Waals surface area contributed by atoms with Crippen molar-refractivity contribution < 1.29 is 13.9 Å². The van der Waals surface area contributed by atoms with Crippen LogP contribution in [0.1, 0.15) is 32.6 Å². The van der Waals surface area contributed by atoms with Crippen molar-refractivity contribution in [3.63, 3.8) is 0 Å². The molecule has 1 saturated carbocycles. The van der Waals surface area contributed by atoms with Gasteiger partial charge in [-0.1, -0.05) is 0 Å². The van der Waals surface area contributed by atoms with E-state index in [2.05, 4.69) is 22.2 Å². The van der Waals surface area contributed by atoms with Crippen molar-refractivity contribution in [3.05, 3.63) is 24.0 Å². The van der Waals surface area contributed by atoms with E-state index in [9.17, 15) is 9.18 Å². The highest BCUT2D eigenvalue weighted by molar-refractivity contribution is 5.95. The number of ether oxygens (including phenoxy) is 1. The van der Waals surface area contributed by atoms with E-state index in [1.807, 2.05) is 6.92 Å². The fourth-order valence-electron chi connectivity index (χ4n) is 3.49. The molecule has 0 aromatic heterocycles. The molecule has 6 heteroatoms. The minimum atomic E-state index is -0.349. The molecular formula is C19H28FN3O2. The number of nitrogens with zero attached hydrogens (tertiary/aromatic N) is 2. The van der Waals surface area contributed by atoms with Crippen molar-refractivity contribution in [2.45, 2.75) is 44.8 Å². The third kappa shape index (κ3) is 4.70. The Bertz CT molecular complexity index is 596. The zero-order valence-corrected chi connectivity index (χ0v) is 15.1. The molecule has 1 N–H and O–H groups in total. The number of carbonyl (C=O) groups excluding carboxylic acids is 1. The Morgan fingerprint density at radius 3 is 2.60 bits per heavy atom. The van der Waals surface area contributed by atoms with Gasteiger partial charge in [0.05, 0.1) is 17.8 Å². The Kier molecular flexibility index (Phi) is 5.91. The Hall–Kier alpha value is -1.66. The molecule has 1 atom stereocenters. The number of hydrogen-bond donors (Lipinski definition) is 1. The fourth-order valence-corrected chi connectivity index (χ4v) is 3.49. The number of nitrogens with one attached hydrogen (secondary N) is 1. The standard InChI is InChI=1S/C19H28FN3O2/c1-14(23-11-9-22(2)10-12-23)19(24)21-17-8-7-15(20)13-18(17)25-16-5-3-4-6-16/h7-8,13-14,16H,3-6,9-12H2,1-2H3,(H,21,24)/t14-/m1/s1. The lowest BCUT2D eigenvalue weighted by Crippen LogP contribution is -2.51. The van der Waals surface area contributed by atoms with Gasteiger partial charge in [-0.25, -0.2) is 4.39 Å². The normalized spacial score (nSPS) is 21.2. The molecule has 0 radical (unpaired) electrons. The Morgan fingerprint density at radius 1 is 1.24 bits per heavy atom. The number of anilines is 1. The number of likely N-dealkylation sites (N-methyl/N-ethyl adjacent to an activating group) is 1. The quantitative estimate of drug-likeness (QED) is 0.888. The van der Waals surface area contributed by atoms with E-state index in [-0.39, 0.29) is 23.9 Å². The van der Waals surface area contributed by atoms with Gasteiger partial charge in [-0.15, -0.1) is 0 Å². The number of benzene rings is 1. The van der Waals surface area contributed by atoms with Crippen molar-refractivity contribution in [1.82, 2.24) is 9.80 Å². The smallest absolute Gasteiger partial charge is 0.241 e. The largest absolute Gasteiger partial charge is 0.488 e. The molecule has 2 aliphatic rings. The minimum absolute atomic E-state index is 0.0765. The molecule has 0 bridgehead atoms. The van der Waals surface area contributed by atoms with Crippen molar-refractivity contribution in [2.75, 3.05) is 38.5 Å². The van der Waals surface area contributed by atoms with E-state index < -0.39 is 0 Å². The zero-order valence-electron chi connectivity index (χ0n) is 15.1. The van der Waals surface area contributed by atoms with Gasteiger partial charge in [0.25, 0.3) is 0 Å². The van der Waals surface area contributed by atoms with Crippen molar-refractivity contribution in [2.24, 2.45) is 0 Å². The van der Waals surface area contributed by atoms with Crippen LogP contribution in [-0.2, 0) is 4.79 Å². The van der Waals surface area contributed by atoms with Gasteiger partial charge < -0.3 is 15.0 Å². The van der Waals surface area contributed by atoms with E-state index in [0.29, 0.717) is 11.4 Å². The fraction of sp³-hybridized carbons (Fsp3) is 0.632. The second-order valence-electron chi connectivity index (χ2n) is 7.17. The van der Waals surface area contributed by atoms with E-state index in [1.54, 1.807) is 6.07 Å². The third-order valence-corrected chi connectivity index (χ3v) is 5.26. The predicted molar refractivity (Wildman–Crippen MR) is 96.4 cm³/mol. The molecule has 138 valence electrons. The summed E-state index contributed by atoms with van der Waals surface area (Å²) >= 11 is 0. The van der Waals surface area contributed by atoms with Crippen LogP contribution >= 0.6 is 0 Å². The first kappa shape index (κ1) is 18.1. The molecule has 0 spiro atoms. The first-order valence-electron chi connectivity index (χ1n) is 9.22. The van der Waals surface area contributed by atoms with Crippen molar-refractivity contribution in [1.29, 1.82) is 0 Å². The van der Waals surface area contributed by atoms with Gasteiger partial charge in [0.2, 0.25) is 5.91 Å². The number of amides is 1. The molecule has 0 unspecified atom stereocenters. The van der Waals surface area contributed by atoms with E-state index in [1.165, 1.54) is 12.1 Å². The summed E-state index contributed by atoms with van der Waals surface area (Å²) in [4.78, 5) is 17.1. The van der Waals surface area contributed by atoms with Crippen LogP contribution in [0.4, 0.5) is 10.1 Å². The van der Waals surface area contributed by atoms with Gasteiger partial charge in [0, 0.05) is 32.2 Å². The number of rotatable bonds is 5. The molecule has 1 amide bonds. The number of carbonyl (C=O) groups is 1. The van der Waals surface area contributed by atoms with Crippen LogP contribution in [-0.4, -0.2) is 61.1 Å². The van der Waals surface area contributed by atoms with Gasteiger partial charge in [-0.2, -0.15) is 0 Å². The van der Waals surface area contributed by atoms with Crippen LogP contribution in [0.25, 0.3) is 0 Å². The summed E-state index contributed by atoms with van der Waals surface area (Å²) in [6.07, 6.45) is 4.38. The van der Waals surface area contributed by atoms with E-state index in [4.69, 9.17) is 4.74 Å². The maximum absolute atomic E-state index is 13.6. The first-order valence-corrected chi connectivity index (χ1v) is 9.22. The molecular weight excluding hydrogens is 321 g/mol. The molecule has 3 rings (SSSR count). The van der Waals surface area contributed by atoms with Gasteiger partial charge in [-0.05, 0) is 51.8 Å². The van der Waals surface area contributed by atoms with Crippen LogP contribution in [0.2, 0.25) is 0 Å². The molecule has 1 aliphatic carbocycles. The molecule has 1 aromatic carbocycles. The average Bonchev–Trinajstić information content (AvgIpc) is 3.10. The van der Waals surface area contributed by atoms with Gasteiger partial charge in [0.1, 0.15) is 11.6 Å². The first-order chi connectivity index (χ1) is 12.0.